The molecular formula is C10H18F2O2. The summed E-state index contributed by atoms with van der Waals surface area (Å²) < 4.78 is 35.3. The lowest BCUT2D eigenvalue weighted by molar-refractivity contribution is -0.0439. The Bertz CT molecular complexity index is 197. The molecule has 0 atom stereocenters. The van der Waals surface area contributed by atoms with Gasteiger partial charge in [-0.15, -0.1) is 0 Å². The molecule has 2 nitrogen and oxygen atoms in total. The third-order valence-corrected chi connectivity index (χ3v) is 0.946. The van der Waals surface area contributed by atoms with Gasteiger partial charge in [0.1, 0.15) is 11.2 Å². The molecule has 0 bridgehead atoms. The van der Waals surface area contributed by atoms with Gasteiger partial charge >= 0.3 is 12.0 Å². The van der Waals surface area contributed by atoms with E-state index < -0.39 is 23.2 Å². The summed E-state index contributed by atoms with van der Waals surface area (Å²) in [6.45, 7) is 9.73. The predicted molar refractivity (Wildman–Crippen MR) is 50.9 cm³/mol. The van der Waals surface area contributed by atoms with Gasteiger partial charge in [0.25, 0.3) is 0 Å². The molecule has 0 aromatic heterocycles. The van der Waals surface area contributed by atoms with Gasteiger partial charge in [-0.2, -0.15) is 8.78 Å². The van der Waals surface area contributed by atoms with Crippen LogP contribution in [0, 0.1) is 0 Å². The first-order chi connectivity index (χ1) is 6.01. The van der Waals surface area contributed by atoms with E-state index in [0.29, 0.717) is 0 Å². The second kappa shape index (κ2) is 4.15. The van der Waals surface area contributed by atoms with Crippen LogP contribution in [-0.4, -0.2) is 11.2 Å². The molecule has 0 N–H and O–H groups in total. The van der Waals surface area contributed by atoms with Crippen molar-refractivity contribution >= 4 is 0 Å². The Kier molecular flexibility index (Phi) is 3.91. The highest BCUT2D eigenvalue weighted by Crippen LogP contribution is 2.22. The molecule has 0 aliphatic carbocycles. The quantitative estimate of drug-likeness (QED) is 0.644. The highest BCUT2D eigenvalue weighted by Gasteiger charge is 2.22. The van der Waals surface area contributed by atoms with Crippen LogP contribution in [0.25, 0.3) is 0 Å². The average molecular weight is 208 g/mol. The van der Waals surface area contributed by atoms with Gasteiger partial charge in [0.15, 0.2) is 0 Å². The molecule has 84 valence electrons. The number of rotatable bonds is 2. The highest BCUT2D eigenvalue weighted by molar-refractivity contribution is 4.87. The SMILES string of the molecule is CC(C)(C)OC(F)=C(F)OC(C)(C)C. The summed E-state index contributed by atoms with van der Waals surface area (Å²) in [5.41, 5.74) is -1.55. The molecule has 14 heavy (non-hydrogen) atoms. The van der Waals surface area contributed by atoms with Crippen molar-refractivity contribution in [2.75, 3.05) is 0 Å². The fraction of sp³-hybridized carbons (Fsp3) is 0.800. The molecule has 4 heteroatoms. The van der Waals surface area contributed by atoms with Gasteiger partial charge in [0.05, 0.1) is 0 Å². The topological polar surface area (TPSA) is 18.5 Å². The standard InChI is InChI=1S/C10H18F2O2/c1-9(2,3)13-7(11)8(12)14-10(4,5)6/h1-6H3. The molecule has 0 amide bonds. The zero-order chi connectivity index (χ0) is 11.6. The number of ether oxygens (including phenoxy) is 2. The second-order valence-corrected chi connectivity index (χ2v) is 4.98. The Balaban J connectivity index is 4.45. The summed E-state index contributed by atoms with van der Waals surface area (Å²) in [6, 6.07) is -2.63. The first-order valence-electron chi connectivity index (χ1n) is 4.44. The molecule has 0 aliphatic heterocycles. The minimum Gasteiger partial charge on any atom is -0.461 e. The minimum atomic E-state index is -1.31. The Morgan fingerprint density at radius 3 is 1.07 bits per heavy atom. The maximum Gasteiger partial charge on any atom is 0.347 e. The fourth-order valence-corrected chi connectivity index (χ4v) is 0.618. The van der Waals surface area contributed by atoms with Gasteiger partial charge < -0.3 is 9.47 Å². The largest absolute Gasteiger partial charge is 0.461 e. The minimum absolute atomic E-state index is 0.775. The Morgan fingerprint density at radius 2 is 0.929 bits per heavy atom. The molecule has 0 saturated heterocycles. The van der Waals surface area contributed by atoms with E-state index in [0.717, 1.165) is 0 Å². The number of hydrogen-bond acceptors (Lipinski definition) is 2. The predicted octanol–water partition coefficient (Wildman–Crippen LogP) is 3.68. The van der Waals surface area contributed by atoms with Crippen LogP contribution in [0.3, 0.4) is 0 Å². The second-order valence-electron chi connectivity index (χ2n) is 4.98. The summed E-state index contributed by atoms with van der Waals surface area (Å²) in [4.78, 5) is 0. The van der Waals surface area contributed by atoms with Crippen molar-refractivity contribution in [3.05, 3.63) is 12.0 Å². The fourth-order valence-electron chi connectivity index (χ4n) is 0.618. The van der Waals surface area contributed by atoms with Crippen LogP contribution in [0.15, 0.2) is 12.0 Å². The molecule has 0 spiro atoms. The van der Waals surface area contributed by atoms with Gasteiger partial charge in [0.2, 0.25) is 0 Å². The summed E-state index contributed by atoms with van der Waals surface area (Å²) in [5.74, 6) is 0. The Hall–Kier alpha value is -0.800. The molecule has 0 saturated carbocycles. The summed E-state index contributed by atoms with van der Waals surface area (Å²) in [7, 11) is 0. The number of halogens is 2. The molecule has 0 unspecified atom stereocenters. The highest BCUT2D eigenvalue weighted by atomic mass is 19.2. The van der Waals surface area contributed by atoms with E-state index in [2.05, 4.69) is 9.47 Å². The van der Waals surface area contributed by atoms with Gasteiger partial charge in [-0.05, 0) is 41.5 Å². The smallest absolute Gasteiger partial charge is 0.347 e. The summed E-state index contributed by atoms with van der Waals surface area (Å²) in [6.07, 6.45) is 0. The first kappa shape index (κ1) is 13.2. The van der Waals surface area contributed by atoms with Gasteiger partial charge in [-0.1, -0.05) is 0 Å². The van der Waals surface area contributed by atoms with E-state index in [1.807, 2.05) is 0 Å². The molecule has 0 heterocycles. The number of hydrogen-bond donors (Lipinski definition) is 0. The van der Waals surface area contributed by atoms with Crippen LogP contribution in [0.5, 0.6) is 0 Å². The van der Waals surface area contributed by atoms with Crippen LogP contribution in [0.1, 0.15) is 41.5 Å². The van der Waals surface area contributed by atoms with Crippen molar-refractivity contribution in [3.8, 4) is 0 Å². The van der Waals surface area contributed by atoms with Crippen LogP contribution in [0.2, 0.25) is 0 Å². The van der Waals surface area contributed by atoms with E-state index in [1.54, 1.807) is 41.5 Å². The zero-order valence-electron chi connectivity index (χ0n) is 9.57. The van der Waals surface area contributed by atoms with Crippen molar-refractivity contribution in [2.24, 2.45) is 0 Å². The lowest BCUT2D eigenvalue weighted by Gasteiger charge is -2.22. The van der Waals surface area contributed by atoms with Gasteiger partial charge in [0, 0.05) is 0 Å². The molecule has 0 rings (SSSR count). The van der Waals surface area contributed by atoms with Crippen LogP contribution < -0.4 is 0 Å². The van der Waals surface area contributed by atoms with Gasteiger partial charge in [-0.3, -0.25) is 0 Å². The Morgan fingerprint density at radius 1 is 0.714 bits per heavy atom. The normalized spacial score (nSPS) is 14.9. The van der Waals surface area contributed by atoms with Crippen LogP contribution in [-0.2, 0) is 9.47 Å². The molecule has 0 aromatic carbocycles. The van der Waals surface area contributed by atoms with E-state index >= 15 is 0 Å². The summed E-state index contributed by atoms with van der Waals surface area (Å²) >= 11 is 0. The third-order valence-electron chi connectivity index (χ3n) is 0.946. The van der Waals surface area contributed by atoms with Crippen LogP contribution >= 0.6 is 0 Å². The lowest BCUT2D eigenvalue weighted by Crippen LogP contribution is -2.21. The van der Waals surface area contributed by atoms with Crippen molar-refractivity contribution in [1.29, 1.82) is 0 Å². The van der Waals surface area contributed by atoms with E-state index in [1.165, 1.54) is 0 Å². The van der Waals surface area contributed by atoms with Gasteiger partial charge in [-0.25, -0.2) is 0 Å². The molecule has 0 aliphatic rings. The van der Waals surface area contributed by atoms with Crippen molar-refractivity contribution in [1.82, 2.24) is 0 Å². The molecule has 0 fully saturated rings. The van der Waals surface area contributed by atoms with E-state index in [9.17, 15) is 8.78 Å². The van der Waals surface area contributed by atoms with Crippen LogP contribution in [0.4, 0.5) is 8.78 Å². The Labute approximate surface area is 83.9 Å². The van der Waals surface area contributed by atoms with Crippen molar-refractivity contribution in [3.63, 3.8) is 0 Å². The maximum absolute atomic E-state index is 13.0. The maximum atomic E-state index is 13.0. The average Bonchev–Trinajstić information content (AvgIpc) is 1.78. The third kappa shape index (κ3) is 6.69. The lowest BCUT2D eigenvalue weighted by atomic mass is 10.2. The molecule has 0 radical (unpaired) electrons. The summed E-state index contributed by atoms with van der Waals surface area (Å²) in [5, 5.41) is 0. The van der Waals surface area contributed by atoms with E-state index in [4.69, 9.17) is 0 Å². The van der Waals surface area contributed by atoms with Crippen molar-refractivity contribution < 1.29 is 18.3 Å². The molecule has 0 aromatic rings. The first-order valence-corrected chi connectivity index (χ1v) is 4.44. The monoisotopic (exact) mass is 208 g/mol. The van der Waals surface area contributed by atoms with Crippen molar-refractivity contribution in [2.45, 2.75) is 52.7 Å². The molecular weight excluding hydrogens is 190 g/mol. The zero-order valence-corrected chi connectivity index (χ0v) is 9.57. The van der Waals surface area contributed by atoms with E-state index in [-0.39, 0.29) is 0 Å².